The first kappa shape index (κ1) is 13.4. The Morgan fingerprint density at radius 1 is 1.14 bits per heavy atom. The molecule has 0 aliphatic carbocycles. The van der Waals surface area contributed by atoms with Gasteiger partial charge in [-0.05, 0) is 42.3 Å². The first-order chi connectivity index (χ1) is 10.3. The number of carbonyl (C=O) groups excluding carboxylic acids is 1. The van der Waals surface area contributed by atoms with E-state index in [4.69, 9.17) is 9.47 Å². The van der Waals surface area contributed by atoms with Crippen LogP contribution in [-0.2, 0) is 4.74 Å². The van der Waals surface area contributed by atoms with Gasteiger partial charge in [0.2, 0.25) is 0 Å². The molecule has 0 spiro atoms. The molecule has 0 fully saturated rings. The number of hydrogen-bond acceptors (Lipinski definition) is 3. The number of benzene rings is 2. The lowest BCUT2D eigenvalue weighted by Gasteiger charge is -2.18. The number of rotatable bonds is 3. The zero-order valence-electron chi connectivity index (χ0n) is 11.8. The molecule has 3 heteroatoms. The van der Waals surface area contributed by atoms with E-state index in [1.165, 1.54) is 0 Å². The summed E-state index contributed by atoms with van der Waals surface area (Å²) in [6.07, 6.45) is 2.12. The SMILES string of the molecule is CCOC(=O)c1ccc(C2=Cc3ccccc3OC2)cc1. The molecule has 3 nitrogen and oxygen atoms in total. The van der Waals surface area contributed by atoms with E-state index in [1.54, 1.807) is 19.1 Å². The first-order valence-corrected chi connectivity index (χ1v) is 6.98. The molecule has 3 rings (SSSR count). The third-order valence-corrected chi connectivity index (χ3v) is 3.40. The summed E-state index contributed by atoms with van der Waals surface area (Å²) in [4.78, 5) is 11.6. The van der Waals surface area contributed by atoms with E-state index in [0.717, 1.165) is 22.4 Å². The van der Waals surface area contributed by atoms with Crippen molar-refractivity contribution < 1.29 is 14.3 Å². The fourth-order valence-corrected chi connectivity index (χ4v) is 2.32. The predicted molar refractivity (Wildman–Crippen MR) is 82.2 cm³/mol. The minimum absolute atomic E-state index is 0.289. The number of fused-ring (bicyclic) bond motifs is 1. The number of hydrogen-bond donors (Lipinski definition) is 0. The molecule has 0 saturated carbocycles. The van der Waals surface area contributed by atoms with E-state index in [2.05, 4.69) is 6.08 Å². The van der Waals surface area contributed by atoms with Crippen LogP contribution in [0, 0.1) is 0 Å². The van der Waals surface area contributed by atoms with Crippen molar-refractivity contribution in [1.29, 1.82) is 0 Å². The van der Waals surface area contributed by atoms with Crippen LogP contribution in [0.1, 0.15) is 28.4 Å². The monoisotopic (exact) mass is 280 g/mol. The Balaban J connectivity index is 1.85. The van der Waals surface area contributed by atoms with Crippen molar-refractivity contribution in [2.45, 2.75) is 6.92 Å². The average molecular weight is 280 g/mol. The zero-order chi connectivity index (χ0) is 14.7. The number of ether oxygens (including phenoxy) is 2. The van der Waals surface area contributed by atoms with Crippen LogP contribution in [0.5, 0.6) is 5.75 Å². The van der Waals surface area contributed by atoms with Gasteiger partial charge in [0.1, 0.15) is 12.4 Å². The molecule has 21 heavy (non-hydrogen) atoms. The van der Waals surface area contributed by atoms with Crippen molar-refractivity contribution in [3.05, 3.63) is 65.2 Å². The molecule has 1 aliphatic heterocycles. The Hall–Kier alpha value is -2.55. The minimum Gasteiger partial charge on any atom is -0.488 e. The van der Waals surface area contributed by atoms with Gasteiger partial charge >= 0.3 is 5.97 Å². The van der Waals surface area contributed by atoms with Gasteiger partial charge in [0.15, 0.2) is 0 Å². The number of esters is 1. The van der Waals surface area contributed by atoms with Gasteiger partial charge in [0.25, 0.3) is 0 Å². The summed E-state index contributed by atoms with van der Waals surface area (Å²) in [6, 6.07) is 15.4. The first-order valence-electron chi connectivity index (χ1n) is 6.98. The third kappa shape index (κ3) is 2.82. The minimum atomic E-state index is -0.289. The highest BCUT2D eigenvalue weighted by Crippen LogP contribution is 2.30. The summed E-state index contributed by atoms with van der Waals surface area (Å²) < 4.78 is 10.7. The van der Waals surface area contributed by atoms with Crippen molar-refractivity contribution in [1.82, 2.24) is 0 Å². The highest BCUT2D eigenvalue weighted by Gasteiger charge is 2.13. The van der Waals surface area contributed by atoms with Crippen LogP contribution in [-0.4, -0.2) is 19.2 Å². The standard InChI is InChI=1S/C18H16O3/c1-2-20-18(19)14-9-7-13(8-10-14)16-11-15-5-3-4-6-17(15)21-12-16/h3-11H,2,12H2,1H3. The summed E-state index contributed by atoms with van der Waals surface area (Å²) in [6.45, 7) is 2.72. The highest BCUT2D eigenvalue weighted by molar-refractivity contribution is 5.91. The Morgan fingerprint density at radius 3 is 2.67 bits per heavy atom. The summed E-state index contributed by atoms with van der Waals surface area (Å²) in [5.74, 6) is 0.618. The van der Waals surface area contributed by atoms with Gasteiger partial charge in [-0.15, -0.1) is 0 Å². The van der Waals surface area contributed by atoms with Gasteiger partial charge in [0.05, 0.1) is 12.2 Å². The van der Waals surface area contributed by atoms with Gasteiger partial charge in [-0.1, -0.05) is 30.3 Å². The van der Waals surface area contributed by atoms with Crippen LogP contribution in [0.3, 0.4) is 0 Å². The highest BCUT2D eigenvalue weighted by atomic mass is 16.5. The molecule has 1 aliphatic rings. The lowest BCUT2D eigenvalue weighted by atomic mass is 10.00. The summed E-state index contributed by atoms with van der Waals surface area (Å²) >= 11 is 0. The van der Waals surface area contributed by atoms with E-state index in [9.17, 15) is 4.79 Å². The normalized spacial score (nSPS) is 12.9. The fourth-order valence-electron chi connectivity index (χ4n) is 2.32. The molecule has 1 heterocycles. The van der Waals surface area contributed by atoms with E-state index in [1.807, 2.05) is 36.4 Å². The molecule has 0 bridgehead atoms. The molecule has 0 unspecified atom stereocenters. The zero-order valence-corrected chi connectivity index (χ0v) is 11.8. The van der Waals surface area contributed by atoms with E-state index < -0.39 is 0 Å². The molecule has 0 aromatic heterocycles. The largest absolute Gasteiger partial charge is 0.488 e. The molecule has 2 aromatic rings. The second-order valence-electron chi connectivity index (χ2n) is 4.79. The van der Waals surface area contributed by atoms with Gasteiger partial charge in [-0.2, -0.15) is 0 Å². The molecule has 0 N–H and O–H groups in total. The van der Waals surface area contributed by atoms with E-state index in [-0.39, 0.29) is 5.97 Å². The molecular weight excluding hydrogens is 264 g/mol. The van der Waals surface area contributed by atoms with Crippen molar-refractivity contribution in [2.24, 2.45) is 0 Å². The summed E-state index contributed by atoms with van der Waals surface area (Å²) in [5.41, 5.74) is 3.80. The van der Waals surface area contributed by atoms with Gasteiger partial charge in [0, 0.05) is 5.56 Å². The average Bonchev–Trinajstić information content (AvgIpc) is 2.55. The van der Waals surface area contributed by atoms with Crippen molar-refractivity contribution >= 4 is 17.6 Å². The molecular formula is C18H16O3. The van der Waals surface area contributed by atoms with E-state index in [0.29, 0.717) is 18.8 Å². The Kier molecular flexibility index (Phi) is 3.73. The molecule has 0 atom stereocenters. The molecule has 0 amide bonds. The van der Waals surface area contributed by atoms with Crippen molar-refractivity contribution in [2.75, 3.05) is 13.2 Å². The topological polar surface area (TPSA) is 35.5 Å². The Morgan fingerprint density at radius 2 is 1.90 bits per heavy atom. The summed E-state index contributed by atoms with van der Waals surface area (Å²) in [5, 5.41) is 0. The number of para-hydroxylation sites is 1. The van der Waals surface area contributed by atoms with Gasteiger partial charge in [-0.25, -0.2) is 4.79 Å². The van der Waals surface area contributed by atoms with Crippen LogP contribution < -0.4 is 4.74 Å². The van der Waals surface area contributed by atoms with Crippen molar-refractivity contribution in [3.8, 4) is 5.75 Å². The lowest BCUT2D eigenvalue weighted by Crippen LogP contribution is -2.07. The maximum absolute atomic E-state index is 11.6. The van der Waals surface area contributed by atoms with Crippen LogP contribution in [0.15, 0.2) is 48.5 Å². The lowest BCUT2D eigenvalue weighted by molar-refractivity contribution is 0.0526. The smallest absolute Gasteiger partial charge is 0.338 e. The third-order valence-electron chi connectivity index (χ3n) is 3.40. The van der Waals surface area contributed by atoms with Crippen LogP contribution in [0.4, 0.5) is 0 Å². The van der Waals surface area contributed by atoms with Gasteiger partial charge < -0.3 is 9.47 Å². The Labute approximate surface area is 123 Å². The molecule has 0 saturated heterocycles. The van der Waals surface area contributed by atoms with Crippen LogP contribution in [0.25, 0.3) is 11.6 Å². The maximum atomic E-state index is 11.6. The quantitative estimate of drug-likeness (QED) is 0.802. The summed E-state index contributed by atoms with van der Waals surface area (Å²) in [7, 11) is 0. The predicted octanol–water partition coefficient (Wildman–Crippen LogP) is 3.80. The van der Waals surface area contributed by atoms with Crippen molar-refractivity contribution in [3.63, 3.8) is 0 Å². The molecule has 0 radical (unpaired) electrons. The molecule has 106 valence electrons. The van der Waals surface area contributed by atoms with Gasteiger partial charge in [-0.3, -0.25) is 0 Å². The Bertz CT molecular complexity index is 684. The maximum Gasteiger partial charge on any atom is 0.338 e. The second-order valence-corrected chi connectivity index (χ2v) is 4.79. The number of carbonyl (C=O) groups is 1. The van der Waals surface area contributed by atoms with Crippen LogP contribution >= 0.6 is 0 Å². The second kappa shape index (κ2) is 5.83. The van der Waals surface area contributed by atoms with E-state index >= 15 is 0 Å². The fraction of sp³-hybridized carbons (Fsp3) is 0.167. The molecule has 2 aromatic carbocycles. The van der Waals surface area contributed by atoms with Crippen LogP contribution in [0.2, 0.25) is 0 Å².